The van der Waals surface area contributed by atoms with Gasteiger partial charge >= 0.3 is 0 Å². The summed E-state index contributed by atoms with van der Waals surface area (Å²) in [5, 5.41) is 6.06. The maximum absolute atomic E-state index is 13.7. The fraction of sp³-hybridized carbons (Fsp3) is 0.161. The van der Waals surface area contributed by atoms with E-state index in [1.807, 2.05) is 6.07 Å². The summed E-state index contributed by atoms with van der Waals surface area (Å²) in [4.78, 5) is 45.7. The molecule has 0 aliphatic heterocycles. The van der Waals surface area contributed by atoms with Gasteiger partial charge in [-0.15, -0.1) is 0 Å². The van der Waals surface area contributed by atoms with Crippen molar-refractivity contribution >= 4 is 28.5 Å². The Bertz CT molecular complexity index is 1780. The number of carbonyl (C=O) groups excluding carboxylic acids is 2. The highest BCUT2D eigenvalue weighted by Gasteiger charge is 2.19. The summed E-state index contributed by atoms with van der Waals surface area (Å²) in [6.07, 6.45) is 3.33. The molecule has 10 heteroatoms. The van der Waals surface area contributed by atoms with Crippen molar-refractivity contribution in [1.82, 2.24) is 19.9 Å². The molecule has 0 fully saturated rings. The second-order valence-corrected chi connectivity index (χ2v) is 9.50. The van der Waals surface area contributed by atoms with Gasteiger partial charge in [0.15, 0.2) is 0 Å². The van der Waals surface area contributed by atoms with E-state index in [-0.39, 0.29) is 29.6 Å². The number of aromatic nitrogens is 3. The Morgan fingerprint density at radius 2 is 1.78 bits per heavy atom. The number of ether oxygens (including phenoxy) is 1. The minimum atomic E-state index is -0.378. The lowest BCUT2D eigenvalue weighted by Gasteiger charge is -2.09. The number of benzene rings is 2. The van der Waals surface area contributed by atoms with Crippen LogP contribution in [0.1, 0.15) is 15.9 Å². The van der Waals surface area contributed by atoms with Crippen LogP contribution in [0.5, 0.6) is 0 Å². The third-order valence-corrected chi connectivity index (χ3v) is 6.65. The van der Waals surface area contributed by atoms with Crippen LogP contribution in [0, 0.1) is 5.82 Å². The molecule has 0 aliphatic carbocycles. The van der Waals surface area contributed by atoms with Gasteiger partial charge in [0, 0.05) is 49.8 Å². The van der Waals surface area contributed by atoms with Crippen LogP contribution in [-0.4, -0.2) is 46.6 Å². The Hall–Kier alpha value is -5.09. The van der Waals surface area contributed by atoms with E-state index in [0.717, 1.165) is 5.56 Å². The van der Waals surface area contributed by atoms with Crippen LogP contribution < -0.4 is 16.2 Å². The highest BCUT2D eigenvalue weighted by molar-refractivity contribution is 6.03. The average Bonchev–Trinajstić information content (AvgIpc) is 3.36. The monoisotopic (exact) mass is 553 g/mol. The van der Waals surface area contributed by atoms with E-state index >= 15 is 0 Å². The number of aryl methyl sites for hydroxylation is 1. The number of amides is 2. The average molecular weight is 554 g/mol. The maximum Gasteiger partial charge on any atom is 0.260 e. The van der Waals surface area contributed by atoms with Crippen LogP contribution >= 0.6 is 0 Å². The minimum absolute atomic E-state index is 0.0841. The Balaban J connectivity index is 1.38. The molecule has 0 spiro atoms. The summed E-state index contributed by atoms with van der Waals surface area (Å²) < 4.78 is 20.1. The second kappa shape index (κ2) is 12.0. The number of fused-ring (bicyclic) bond motifs is 1. The minimum Gasteiger partial charge on any atom is -0.383 e. The number of carbonyl (C=O) groups is 2. The fourth-order valence-corrected chi connectivity index (χ4v) is 4.59. The van der Waals surface area contributed by atoms with Crippen LogP contribution in [0.25, 0.3) is 33.3 Å². The van der Waals surface area contributed by atoms with Gasteiger partial charge in [-0.1, -0.05) is 24.3 Å². The van der Waals surface area contributed by atoms with E-state index in [1.165, 1.54) is 16.7 Å². The zero-order valence-corrected chi connectivity index (χ0v) is 22.5. The first-order valence-electron chi connectivity index (χ1n) is 12.9. The highest BCUT2D eigenvalue weighted by atomic mass is 19.1. The molecule has 0 saturated carbocycles. The number of hydrogen-bond donors (Lipinski definition) is 3. The lowest BCUT2D eigenvalue weighted by Crippen LogP contribution is -2.26. The number of hydrogen-bond acceptors (Lipinski definition) is 5. The molecule has 9 nitrogen and oxygen atoms in total. The van der Waals surface area contributed by atoms with Gasteiger partial charge < -0.3 is 24.9 Å². The zero-order chi connectivity index (χ0) is 28.9. The largest absolute Gasteiger partial charge is 0.383 e. The summed E-state index contributed by atoms with van der Waals surface area (Å²) in [5.74, 6) is -0.541. The summed E-state index contributed by atoms with van der Waals surface area (Å²) in [6, 6.07) is 18.1. The van der Waals surface area contributed by atoms with Gasteiger partial charge in [0.2, 0.25) is 5.91 Å². The molecule has 0 bridgehead atoms. The number of nitrogens with zero attached hydrogens (tertiary/aromatic N) is 2. The first-order valence-corrected chi connectivity index (χ1v) is 12.9. The van der Waals surface area contributed by atoms with Gasteiger partial charge in [-0.3, -0.25) is 14.4 Å². The molecule has 5 aromatic rings. The van der Waals surface area contributed by atoms with Crippen molar-refractivity contribution in [2.45, 2.75) is 6.42 Å². The lowest BCUT2D eigenvalue weighted by atomic mass is 9.99. The molecule has 2 aromatic carbocycles. The molecule has 41 heavy (non-hydrogen) atoms. The summed E-state index contributed by atoms with van der Waals surface area (Å²) in [5.41, 5.74) is 4.32. The maximum atomic E-state index is 13.7. The van der Waals surface area contributed by atoms with Crippen LogP contribution in [0.15, 0.2) is 83.9 Å². The number of aromatic amines is 1. The van der Waals surface area contributed by atoms with Crippen molar-refractivity contribution in [1.29, 1.82) is 0 Å². The van der Waals surface area contributed by atoms with Gasteiger partial charge in [0.05, 0.1) is 29.6 Å². The van der Waals surface area contributed by atoms with Gasteiger partial charge in [0.25, 0.3) is 11.5 Å². The quantitative estimate of drug-likeness (QED) is 0.235. The van der Waals surface area contributed by atoms with E-state index in [9.17, 15) is 18.8 Å². The Kier molecular flexibility index (Phi) is 8.02. The number of nitrogens with one attached hydrogen (secondary N) is 3. The zero-order valence-electron chi connectivity index (χ0n) is 22.5. The SMILES string of the molecule is COCCNC(=O)c1ccc(CC(=O)Nc2cc(-c3[nH]c4ccn(C)c(=O)c4c3-c3ccc(F)cc3)ccn2)cc1. The number of H-pyrrole nitrogens is 1. The number of methoxy groups -OCH3 is 1. The molecule has 0 unspecified atom stereocenters. The molecule has 2 amide bonds. The number of halogens is 1. The van der Waals surface area contributed by atoms with Gasteiger partial charge in [-0.25, -0.2) is 9.37 Å². The molecule has 0 atom stereocenters. The smallest absolute Gasteiger partial charge is 0.260 e. The molecule has 208 valence electrons. The Morgan fingerprint density at radius 3 is 2.51 bits per heavy atom. The van der Waals surface area contributed by atoms with Crippen LogP contribution in [0.3, 0.4) is 0 Å². The summed E-state index contributed by atoms with van der Waals surface area (Å²) in [6.45, 7) is 0.831. The fourth-order valence-electron chi connectivity index (χ4n) is 4.59. The summed E-state index contributed by atoms with van der Waals surface area (Å²) in [7, 11) is 3.24. The van der Waals surface area contributed by atoms with Crippen molar-refractivity contribution in [3.8, 4) is 22.4 Å². The molecule has 0 radical (unpaired) electrons. The van der Waals surface area contributed by atoms with Crippen LogP contribution in [0.4, 0.5) is 10.2 Å². The molecular formula is C31H28FN5O4. The van der Waals surface area contributed by atoms with Gasteiger partial charge in [-0.05, 0) is 53.6 Å². The predicted octanol–water partition coefficient (Wildman–Crippen LogP) is 4.29. The standard InChI is InChI=1S/C31H28FN5O4/c1-37-15-12-24-28(31(37)40)27(20-7-9-23(32)10-8-20)29(35-24)22-11-13-33-25(18-22)36-26(38)17-19-3-5-21(6-4-19)30(39)34-14-16-41-2/h3-13,15,18,35H,14,16-17H2,1-2H3,(H,34,39)(H,33,36,38). The Morgan fingerprint density at radius 1 is 1.02 bits per heavy atom. The van der Waals surface area contributed by atoms with Crippen molar-refractivity contribution in [3.63, 3.8) is 0 Å². The van der Waals surface area contributed by atoms with E-state index in [2.05, 4.69) is 20.6 Å². The van der Waals surface area contributed by atoms with Crippen LogP contribution in [0.2, 0.25) is 0 Å². The highest BCUT2D eigenvalue weighted by Crippen LogP contribution is 2.37. The first-order chi connectivity index (χ1) is 19.8. The van der Waals surface area contributed by atoms with Crippen molar-refractivity contribution in [2.24, 2.45) is 7.05 Å². The van der Waals surface area contributed by atoms with E-state index in [1.54, 1.807) is 75.1 Å². The van der Waals surface area contributed by atoms with E-state index < -0.39 is 0 Å². The third-order valence-electron chi connectivity index (χ3n) is 6.65. The van der Waals surface area contributed by atoms with Gasteiger partial charge in [0.1, 0.15) is 11.6 Å². The normalized spacial score (nSPS) is 11.0. The van der Waals surface area contributed by atoms with Gasteiger partial charge in [-0.2, -0.15) is 0 Å². The number of pyridine rings is 2. The van der Waals surface area contributed by atoms with E-state index in [4.69, 9.17) is 4.74 Å². The Labute approximate surface area is 235 Å². The second-order valence-electron chi connectivity index (χ2n) is 9.50. The molecule has 5 rings (SSSR count). The molecule has 3 N–H and O–H groups in total. The molecule has 0 saturated heterocycles. The molecule has 3 aromatic heterocycles. The van der Waals surface area contributed by atoms with E-state index in [0.29, 0.717) is 57.8 Å². The van der Waals surface area contributed by atoms with Crippen LogP contribution in [-0.2, 0) is 23.0 Å². The molecule has 3 heterocycles. The molecular weight excluding hydrogens is 525 g/mol. The third kappa shape index (κ3) is 6.07. The molecule has 0 aliphatic rings. The summed E-state index contributed by atoms with van der Waals surface area (Å²) >= 11 is 0. The topological polar surface area (TPSA) is 118 Å². The van der Waals surface area contributed by atoms with Crippen molar-refractivity contribution < 1.29 is 18.7 Å². The van der Waals surface area contributed by atoms with Crippen molar-refractivity contribution in [3.05, 3.63) is 106 Å². The lowest BCUT2D eigenvalue weighted by molar-refractivity contribution is -0.115. The number of rotatable bonds is 9. The number of anilines is 1. The van der Waals surface area contributed by atoms with Crippen molar-refractivity contribution in [2.75, 3.05) is 25.6 Å². The predicted molar refractivity (Wildman–Crippen MR) is 155 cm³/mol. The first kappa shape index (κ1) is 27.5.